The molecule has 0 spiro atoms. The van der Waals surface area contributed by atoms with E-state index < -0.39 is 0 Å². The first-order valence-corrected chi connectivity index (χ1v) is 8.97. The van der Waals surface area contributed by atoms with Gasteiger partial charge in [-0.25, -0.2) is 0 Å². The molecule has 2 aromatic rings. The highest BCUT2D eigenvalue weighted by Gasteiger charge is 2.22. The molecule has 0 N–H and O–H groups in total. The standard InChI is InChI=1S/C21H26N2O2/c1-3-18-6-4-5-7-20(18)22-12-14-23(15-13-22)21(24)16-25-19-10-8-17(2)9-11-19/h4-11H,3,12-16H2,1-2H3. The highest BCUT2D eigenvalue weighted by atomic mass is 16.5. The number of benzene rings is 2. The molecule has 1 saturated heterocycles. The fourth-order valence-electron chi connectivity index (χ4n) is 3.19. The minimum atomic E-state index is 0.0593. The summed E-state index contributed by atoms with van der Waals surface area (Å²) >= 11 is 0. The van der Waals surface area contributed by atoms with Crippen LogP contribution in [-0.4, -0.2) is 43.6 Å². The van der Waals surface area contributed by atoms with E-state index in [1.54, 1.807) is 0 Å². The summed E-state index contributed by atoms with van der Waals surface area (Å²) in [6, 6.07) is 16.3. The Labute approximate surface area is 150 Å². The van der Waals surface area contributed by atoms with Crippen LogP contribution in [0, 0.1) is 6.92 Å². The molecule has 3 rings (SSSR count). The second-order valence-corrected chi connectivity index (χ2v) is 6.45. The number of carbonyl (C=O) groups is 1. The Hall–Kier alpha value is -2.49. The zero-order valence-electron chi connectivity index (χ0n) is 15.1. The van der Waals surface area contributed by atoms with E-state index in [1.807, 2.05) is 36.1 Å². The molecule has 0 bridgehead atoms. The number of hydrogen-bond acceptors (Lipinski definition) is 3. The Kier molecular flexibility index (Phi) is 5.59. The highest BCUT2D eigenvalue weighted by molar-refractivity contribution is 5.78. The first-order valence-electron chi connectivity index (χ1n) is 8.97. The molecule has 1 aliphatic rings. The van der Waals surface area contributed by atoms with Gasteiger partial charge in [-0.1, -0.05) is 42.8 Å². The van der Waals surface area contributed by atoms with E-state index >= 15 is 0 Å². The molecule has 0 saturated carbocycles. The van der Waals surface area contributed by atoms with Crippen molar-refractivity contribution in [2.45, 2.75) is 20.3 Å². The van der Waals surface area contributed by atoms with Crippen molar-refractivity contribution in [3.63, 3.8) is 0 Å². The summed E-state index contributed by atoms with van der Waals surface area (Å²) in [5.41, 5.74) is 3.85. The average Bonchev–Trinajstić information content (AvgIpc) is 2.67. The monoisotopic (exact) mass is 338 g/mol. The van der Waals surface area contributed by atoms with Crippen LogP contribution in [0.15, 0.2) is 48.5 Å². The third kappa shape index (κ3) is 4.32. The lowest BCUT2D eigenvalue weighted by Crippen LogP contribution is -2.50. The third-order valence-corrected chi connectivity index (χ3v) is 4.73. The Morgan fingerprint density at radius 2 is 1.68 bits per heavy atom. The molecule has 4 heteroatoms. The number of carbonyl (C=O) groups excluding carboxylic acids is 1. The van der Waals surface area contributed by atoms with Gasteiger partial charge in [0.25, 0.3) is 5.91 Å². The van der Waals surface area contributed by atoms with E-state index in [0.29, 0.717) is 0 Å². The Balaban J connectivity index is 1.51. The Morgan fingerprint density at radius 1 is 1.00 bits per heavy atom. The van der Waals surface area contributed by atoms with E-state index in [2.05, 4.69) is 36.1 Å². The lowest BCUT2D eigenvalue weighted by Gasteiger charge is -2.37. The molecule has 0 radical (unpaired) electrons. The molecule has 1 fully saturated rings. The van der Waals surface area contributed by atoms with Crippen LogP contribution < -0.4 is 9.64 Å². The summed E-state index contributed by atoms with van der Waals surface area (Å²) in [6.45, 7) is 7.55. The second kappa shape index (κ2) is 8.06. The first kappa shape index (κ1) is 17.3. The zero-order valence-corrected chi connectivity index (χ0v) is 15.1. The maximum absolute atomic E-state index is 12.4. The molecule has 0 aromatic heterocycles. The predicted molar refractivity (Wildman–Crippen MR) is 101 cm³/mol. The van der Waals surface area contributed by atoms with Crippen LogP contribution in [0.3, 0.4) is 0 Å². The SMILES string of the molecule is CCc1ccccc1N1CCN(C(=O)COc2ccc(C)cc2)CC1. The number of para-hydroxylation sites is 1. The van der Waals surface area contributed by atoms with E-state index in [1.165, 1.54) is 16.8 Å². The maximum atomic E-state index is 12.4. The first-order chi connectivity index (χ1) is 12.2. The van der Waals surface area contributed by atoms with E-state index in [9.17, 15) is 4.79 Å². The summed E-state index contributed by atoms with van der Waals surface area (Å²) in [5.74, 6) is 0.804. The van der Waals surface area contributed by atoms with Crippen molar-refractivity contribution in [2.75, 3.05) is 37.7 Å². The Morgan fingerprint density at radius 3 is 2.36 bits per heavy atom. The van der Waals surface area contributed by atoms with Gasteiger partial charge >= 0.3 is 0 Å². The number of ether oxygens (including phenoxy) is 1. The number of piperazine rings is 1. The number of rotatable bonds is 5. The minimum absolute atomic E-state index is 0.0593. The number of amides is 1. The van der Waals surface area contributed by atoms with Crippen molar-refractivity contribution in [3.8, 4) is 5.75 Å². The summed E-state index contributed by atoms with van der Waals surface area (Å²) in [6.07, 6.45) is 1.03. The van der Waals surface area contributed by atoms with Crippen LogP contribution in [-0.2, 0) is 11.2 Å². The van der Waals surface area contributed by atoms with Crippen LogP contribution in [0.5, 0.6) is 5.75 Å². The third-order valence-electron chi connectivity index (χ3n) is 4.73. The molecular formula is C21H26N2O2. The van der Waals surface area contributed by atoms with Crippen molar-refractivity contribution in [3.05, 3.63) is 59.7 Å². The normalized spacial score (nSPS) is 14.5. The quantitative estimate of drug-likeness (QED) is 0.839. The van der Waals surface area contributed by atoms with Gasteiger partial charge in [-0.2, -0.15) is 0 Å². The van der Waals surface area contributed by atoms with Crippen molar-refractivity contribution >= 4 is 11.6 Å². The van der Waals surface area contributed by atoms with Gasteiger partial charge in [0.2, 0.25) is 0 Å². The smallest absolute Gasteiger partial charge is 0.260 e. The van der Waals surface area contributed by atoms with Gasteiger partial charge in [0.1, 0.15) is 5.75 Å². The van der Waals surface area contributed by atoms with E-state index in [-0.39, 0.29) is 12.5 Å². The second-order valence-electron chi connectivity index (χ2n) is 6.45. The van der Waals surface area contributed by atoms with Crippen LogP contribution in [0.4, 0.5) is 5.69 Å². The topological polar surface area (TPSA) is 32.8 Å². The summed E-state index contributed by atoms with van der Waals surface area (Å²) < 4.78 is 5.62. The van der Waals surface area contributed by atoms with Crippen molar-refractivity contribution in [2.24, 2.45) is 0 Å². The fourth-order valence-corrected chi connectivity index (χ4v) is 3.19. The predicted octanol–water partition coefficient (Wildman–Crippen LogP) is 3.29. The van der Waals surface area contributed by atoms with Crippen LogP contribution >= 0.6 is 0 Å². The molecular weight excluding hydrogens is 312 g/mol. The van der Waals surface area contributed by atoms with Gasteiger partial charge < -0.3 is 14.5 Å². The molecule has 1 aliphatic heterocycles. The minimum Gasteiger partial charge on any atom is -0.484 e. The summed E-state index contributed by atoms with van der Waals surface area (Å²) in [4.78, 5) is 16.7. The van der Waals surface area contributed by atoms with E-state index in [0.717, 1.165) is 38.3 Å². The fraction of sp³-hybridized carbons (Fsp3) is 0.381. The maximum Gasteiger partial charge on any atom is 0.260 e. The van der Waals surface area contributed by atoms with Gasteiger partial charge in [0, 0.05) is 31.9 Å². The van der Waals surface area contributed by atoms with Crippen LogP contribution in [0.25, 0.3) is 0 Å². The van der Waals surface area contributed by atoms with Crippen molar-refractivity contribution < 1.29 is 9.53 Å². The largest absolute Gasteiger partial charge is 0.484 e. The molecule has 1 amide bonds. The Bertz CT molecular complexity index is 704. The molecule has 0 aliphatic carbocycles. The molecule has 132 valence electrons. The molecule has 4 nitrogen and oxygen atoms in total. The number of nitrogens with zero attached hydrogens (tertiary/aromatic N) is 2. The molecule has 2 aromatic carbocycles. The average molecular weight is 338 g/mol. The van der Waals surface area contributed by atoms with Gasteiger partial charge in [0.05, 0.1) is 0 Å². The highest BCUT2D eigenvalue weighted by Crippen LogP contribution is 2.22. The number of hydrogen-bond donors (Lipinski definition) is 0. The lowest BCUT2D eigenvalue weighted by molar-refractivity contribution is -0.133. The van der Waals surface area contributed by atoms with Gasteiger partial charge in [-0.15, -0.1) is 0 Å². The lowest BCUT2D eigenvalue weighted by atomic mass is 10.1. The number of anilines is 1. The van der Waals surface area contributed by atoms with Crippen LogP contribution in [0.2, 0.25) is 0 Å². The summed E-state index contributed by atoms with van der Waals surface area (Å²) in [7, 11) is 0. The summed E-state index contributed by atoms with van der Waals surface area (Å²) in [5, 5.41) is 0. The molecule has 25 heavy (non-hydrogen) atoms. The molecule has 0 atom stereocenters. The van der Waals surface area contributed by atoms with Gasteiger partial charge in [-0.3, -0.25) is 4.79 Å². The zero-order chi connectivity index (χ0) is 17.6. The number of aryl methyl sites for hydroxylation is 2. The molecule has 0 unspecified atom stereocenters. The van der Waals surface area contributed by atoms with Gasteiger partial charge in [0.15, 0.2) is 6.61 Å². The van der Waals surface area contributed by atoms with Crippen molar-refractivity contribution in [1.82, 2.24) is 4.90 Å². The van der Waals surface area contributed by atoms with Crippen molar-refractivity contribution in [1.29, 1.82) is 0 Å². The van der Waals surface area contributed by atoms with Gasteiger partial charge in [-0.05, 0) is 37.1 Å². The van der Waals surface area contributed by atoms with Crippen LogP contribution in [0.1, 0.15) is 18.1 Å². The molecule has 1 heterocycles. The van der Waals surface area contributed by atoms with E-state index in [4.69, 9.17) is 4.74 Å².